The third-order valence-electron chi connectivity index (χ3n) is 7.20. The van der Waals surface area contributed by atoms with Crippen LogP contribution in [0.5, 0.6) is 0 Å². The third-order valence-corrected chi connectivity index (χ3v) is 21.6. The van der Waals surface area contributed by atoms with Crippen LogP contribution < -0.4 is 0 Å². The molecule has 5 atom stereocenters. The number of fused-ring (bicyclic) bond motifs is 3. The average molecular weight is 497 g/mol. The zero-order chi connectivity index (χ0) is 20.1. The van der Waals surface area contributed by atoms with Crippen LogP contribution in [0.15, 0.2) is 21.8 Å². The Balaban J connectivity index is 1.91. The summed E-state index contributed by atoms with van der Waals surface area (Å²) in [5.41, 5.74) is 2.81. The molecule has 4 heteroatoms. The van der Waals surface area contributed by atoms with Gasteiger partial charge < -0.3 is 0 Å². The molecule has 3 nitrogen and oxygen atoms in total. The molecule has 0 aromatic rings. The van der Waals surface area contributed by atoms with Crippen LogP contribution in [0.4, 0.5) is 0 Å². The van der Waals surface area contributed by atoms with Crippen LogP contribution in [0.3, 0.4) is 0 Å². The van der Waals surface area contributed by atoms with Gasteiger partial charge in [0.1, 0.15) is 0 Å². The van der Waals surface area contributed by atoms with Crippen LogP contribution in [0.1, 0.15) is 66.2 Å². The zero-order valence-electron chi connectivity index (χ0n) is 18.7. The van der Waals surface area contributed by atoms with Gasteiger partial charge in [0.25, 0.3) is 0 Å². The number of unbranched alkanes of at least 4 members (excludes halogenated alkanes) is 3. The Hall–Kier alpha value is 0.159. The van der Waals surface area contributed by atoms with E-state index in [4.69, 9.17) is 14.2 Å². The molecule has 0 amide bonds. The topological polar surface area (TPSA) is 27.7 Å². The van der Waals surface area contributed by atoms with E-state index in [1.54, 1.807) is 5.57 Å². The van der Waals surface area contributed by atoms with Crippen molar-refractivity contribution in [3.05, 3.63) is 21.8 Å². The summed E-state index contributed by atoms with van der Waals surface area (Å²) in [5, 5.41) is 0. The quantitative estimate of drug-likeness (QED) is 0.263. The first-order chi connectivity index (χ1) is 13.5. The minimum atomic E-state index is -2.35. The molecule has 0 aromatic heterocycles. The maximum atomic E-state index is 6.34. The Labute approximate surface area is 177 Å². The molecule has 3 fully saturated rings. The van der Waals surface area contributed by atoms with Crippen LogP contribution in [-0.2, 0) is 14.2 Å². The predicted molar refractivity (Wildman–Crippen MR) is 119 cm³/mol. The van der Waals surface area contributed by atoms with Gasteiger partial charge in [-0.3, -0.25) is 0 Å². The number of hydrogen-bond acceptors (Lipinski definition) is 3. The molecule has 0 spiro atoms. The molecule has 28 heavy (non-hydrogen) atoms. The van der Waals surface area contributed by atoms with Gasteiger partial charge in [0, 0.05) is 0 Å². The maximum absolute atomic E-state index is 6.34. The Bertz CT molecular complexity index is 536. The number of ether oxygens (including phenoxy) is 3. The summed E-state index contributed by atoms with van der Waals surface area (Å²) in [6.45, 7) is 15.0. The molecule has 3 heterocycles. The molecule has 160 valence electrons. The van der Waals surface area contributed by atoms with E-state index in [1.165, 1.54) is 57.4 Å². The summed E-state index contributed by atoms with van der Waals surface area (Å²) < 4.78 is 25.9. The molecule has 0 N–H and O–H groups in total. The van der Waals surface area contributed by atoms with Gasteiger partial charge in [-0.15, -0.1) is 0 Å². The van der Waals surface area contributed by atoms with Gasteiger partial charge in [-0.2, -0.15) is 0 Å². The van der Waals surface area contributed by atoms with Crippen molar-refractivity contribution >= 4 is 18.4 Å². The molecule has 3 saturated heterocycles. The van der Waals surface area contributed by atoms with Gasteiger partial charge in [-0.1, -0.05) is 0 Å². The molecule has 0 bridgehead atoms. The molecular formula is C24H42O3Sn. The van der Waals surface area contributed by atoms with Crippen molar-refractivity contribution in [3.63, 3.8) is 0 Å². The average Bonchev–Trinajstić information content (AvgIpc) is 3.26. The molecule has 0 radical (unpaired) electrons. The molecule has 3 aliphatic rings. The van der Waals surface area contributed by atoms with Crippen molar-refractivity contribution in [1.82, 2.24) is 0 Å². The predicted octanol–water partition coefficient (Wildman–Crippen LogP) is 6.26. The van der Waals surface area contributed by atoms with Gasteiger partial charge in [-0.05, 0) is 0 Å². The monoisotopic (exact) mass is 498 g/mol. The summed E-state index contributed by atoms with van der Waals surface area (Å²) >= 11 is -2.35. The van der Waals surface area contributed by atoms with Gasteiger partial charge in [0.05, 0.1) is 0 Å². The first-order valence-corrected chi connectivity index (χ1v) is 19.5. The van der Waals surface area contributed by atoms with E-state index in [0.29, 0.717) is 18.4 Å². The van der Waals surface area contributed by atoms with E-state index < -0.39 is 18.4 Å². The second-order valence-corrected chi connectivity index (χ2v) is 22.3. The summed E-state index contributed by atoms with van der Waals surface area (Å²) in [5.74, 6) is 0.729. The Morgan fingerprint density at radius 3 is 2.11 bits per heavy atom. The number of rotatable bonds is 10. The second kappa shape index (κ2) is 10.5. The standard InChI is InChI=1S/C12H15O3.3C4H9.Sn/c1-6-4-13-11-8(3)15-12-10(9(6)11)7(2)5-14-12;3*1-3-4-2;/h1,8-12H,2,4-5H2,3H3;3*1,3-4H2,2H3;/t8-,9+,10-,11-,12+;;;;/m0..../s1. The van der Waals surface area contributed by atoms with Crippen LogP contribution in [0, 0.1) is 11.8 Å². The fraction of sp³-hybridized carbons (Fsp3) is 0.833. The fourth-order valence-electron chi connectivity index (χ4n) is 5.59. The molecule has 0 aromatic carbocycles. The molecular weight excluding hydrogens is 455 g/mol. The molecule has 0 unspecified atom stereocenters. The molecule has 0 saturated carbocycles. The van der Waals surface area contributed by atoms with E-state index in [0.717, 1.165) is 6.61 Å². The van der Waals surface area contributed by atoms with Gasteiger partial charge in [-0.25, -0.2) is 0 Å². The van der Waals surface area contributed by atoms with Crippen molar-refractivity contribution in [2.24, 2.45) is 11.8 Å². The Kier molecular flexibility index (Phi) is 8.53. The zero-order valence-corrected chi connectivity index (χ0v) is 21.5. The molecule has 0 aliphatic carbocycles. The number of hydrogen-bond donors (Lipinski definition) is 0. The van der Waals surface area contributed by atoms with E-state index in [9.17, 15) is 0 Å². The van der Waals surface area contributed by atoms with Crippen LogP contribution in [0.2, 0.25) is 13.3 Å². The van der Waals surface area contributed by atoms with Gasteiger partial charge in [0.2, 0.25) is 0 Å². The van der Waals surface area contributed by atoms with Crippen molar-refractivity contribution in [2.75, 3.05) is 13.2 Å². The summed E-state index contributed by atoms with van der Waals surface area (Å²) in [7, 11) is 0. The molecule has 3 aliphatic heterocycles. The Morgan fingerprint density at radius 1 is 0.929 bits per heavy atom. The van der Waals surface area contributed by atoms with E-state index in [-0.39, 0.29) is 18.5 Å². The summed E-state index contributed by atoms with van der Waals surface area (Å²) in [6.07, 6.45) is 8.36. The summed E-state index contributed by atoms with van der Waals surface area (Å²) in [4.78, 5) is 0. The first-order valence-electron chi connectivity index (χ1n) is 11.8. The van der Waals surface area contributed by atoms with E-state index in [2.05, 4.69) is 38.4 Å². The molecule has 3 rings (SSSR count). The summed E-state index contributed by atoms with van der Waals surface area (Å²) in [6, 6.07) is 0. The first kappa shape index (κ1) is 22.8. The van der Waals surface area contributed by atoms with Crippen molar-refractivity contribution in [1.29, 1.82) is 0 Å². The van der Waals surface area contributed by atoms with E-state index in [1.807, 2.05) is 0 Å². The van der Waals surface area contributed by atoms with E-state index >= 15 is 0 Å². The third kappa shape index (κ3) is 4.90. The van der Waals surface area contributed by atoms with Gasteiger partial charge in [0.15, 0.2) is 0 Å². The van der Waals surface area contributed by atoms with Crippen molar-refractivity contribution < 1.29 is 14.2 Å². The van der Waals surface area contributed by atoms with Crippen molar-refractivity contribution in [2.45, 2.75) is 98.0 Å². The second-order valence-electron chi connectivity index (χ2n) is 9.40. The normalized spacial score (nSPS) is 34.1. The minimum absolute atomic E-state index is 0.106. The Morgan fingerprint density at radius 2 is 1.54 bits per heavy atom. The van der Waals surface area contributed by atoms with Crippen molar-refractivity contribution in [3.8, 4) is 0 Å². The fourth-order valence-corrected chi connectivity index (χ4v) is 21.1. The SMILES string of the molecule is C=C1CO[C@@H]2O[C@@H](C)[C@@H]3OC/C(=[CH]\[Sn]([CH2]CCC)([CH2]CCC)[CH2]CCC)[C@@H]3[C@H]12. The van der Waals surface area contributed by atoms with Crippen LogP contribution in [-0.4, -0.2) is 50.1 Å². The van der Waals surface area contributed by atoms with Crippen LogP contribution in [0.25, 0.3) is 0 Å². The van der Waals surface area contributed by atoms with Crippen LogP contribution >= 0.6 is 0 Å². The van der Waals surface area contributed by atoms with Gasteiger partial charge >= 0.3 is 177 Å².